The van der Waals surface area contributed by atoms with E-state index >= 15 is 0 Å². The van der Waals surface area contributed by atoms with Gasteiger partial charge in [-0.25, -0.2) is 4.79 Å². The van der Waals surface area contributed by atoms with Gasteiger partial charge in [0.25, 0.3) is 0 Å². The van der Waals surface area contributed by atoms with E-state index in [1.54, 1.807) is 28.4 Å². The Kier molecular flexibility index (Phi) is 7.70. The predicted molar refractivity (Wildman–Crippen MR) is 153 cm³/mol. The van der Waals surface area contributed by atoms with E-state index in [1.165, 1.54) is 0 Å². The summed E-state index contributed by atoms with van der Waals surface area (Å²) in [7, 11) is 8.63. The van der Waals surface area contributed by atoms with Gasteiger partial charge < -0.3 is 29.0 Å². The summed E-state index contributed by atoms with van der Waals surface area (Å²) in [5, 5.41) is 13.6. The summed E-state index contributed by atoms with van der Waals surface area (Å²) in [5.41, 5.74) is 3.80. The minimum absolute atomic E-state index is 0.0153. The number of hydrogen-bond acceptors (Lipinski definition) is 9. The summed E-state index contributed by atoms with van der Waals surface area (Å²) in [6.45, 7) is 5.78. The first kappa shape index (κ1) is 28.8. The third-order valence-electron chi connectivity index (χ3n) is 8.55. The van der Waals surface area contributed by atoms with Crippen LogP contribution in [0, 0.1) is 11.3 Å². The van der Waals surface area contributed by atoms with E-state index in [1.807, 2.05) is 32.9 Å². The smallest absolute Gasteiger partial charge is 0.407 e. The minimum atomic E-state index is -0.627. The fourth-order valence-corrected chi connectivity index (χ4v) is 6.88. The zero-order chi connectivity index (χ0) is 29.6. The van der Waals surface area contributed by atoms with Gasteiger partial charge in [0.15, 0.2) is 23.0 Å². The number of piperazine rings is 1. The second kappa shape index (κ2) is 11.0. The van der Waals surface area contributed by atoms with Crippen LogP contribution in [0.4, 0.5) is 4.79 Å². The Morgan fingerprint density at radius 2 is 1.41 bits per heavy atom. The van der Waals surface area contributed by atoms with Gasteiger partial charge in [-0.1, -0.05) is 0 Å². The third kappa shape index (κ3) is 5.02. The van der Waals surface area contributed by atoms with Crippen molar-refractivity contribution in [2.75, 3.05) is 42.0 Å². The zero-order valence-electron chi connectivity index (χ0n) is 25.1. The van der Waals surface area contributed by atoms with Gasteiger partial charge in [-0.05, 0) is 87.2 Å². The molecule has 1 amide bonds. The first-order valence-electron chi connectivity index (χ1n) is 13.9. The molecule has 220 valence electrons. The molecule has 1 fully saturated rings. The molecule has 2 bridgehead atoms. The molecule has 3 heterocycles. The monoisotopic (exact) mass is 564 g/mol. The average molecular weight is 565 g/mol. The number of ether oxygens (including phenoxy) is 5. The fourth-order valence-electron chi connectivity index (χ4n) is 6.88. The molecule has 0 spiro atoms. The SMILES string of the molecule is COc1cc2c(cc1OC)[C@@H]1[C@@H]3Cc4cc(OC)c(OC)cc4[C@H](CNC(=O)OC(C)(C)C)N3[C@@H](C#N)[C@H](C2)N1C. The van der Waals surface area contributed by atoms with Crippen LogP contribution in [0.1, 0.15) is 55.1 Å². The highest BCUT2D eigenvalue weighted by Crippen LogP contribution is 2.52. The van der Waals surface area contributed by atoms with Crippen LogP contribution in [0.2, 0.25) is 0 Å². The maximum Gasteiger partial charge on any atom is 0.407 e. The molecule has 0 aromatic heterocycles. The number of fused-ring (bicyclic) bond motifs is 7. The maximum atomic E-state index is 12.8. The molecule has 1 N–H and O–H groups in total. The Bertz CT molecular complexity index is 1370. The largest absolute Gasteiger partial charge is 0.493 e. The Hall–Kier alpha value is -3.68. The molecule has 2 aromatic rings. The van der Waals surface area contributed by atoms with E-state index < -0.39 is 17.7 Å². The van der Waals surface area contributed by atoms with Gasteiger partial charge in [0.05, 0.1) is 46.6 Å². The maximum absolute atomic E-state index is 12.8. The summed E-state index contributed by atoms with van der Waals surface area (Å²) in [6, 6.07) is 9.93. The molecular formula is C31H40N4O6. The van der Waals surface area contributed by atoms with Crippen molar-refractivity contribution in [2.45, 2.75) is 69.4 Å². The molecule has 2 aromatic carbocycles. The first-order chi connectivity index (χ1) is 19.5. The third-order valence-corrected chi connectivity index (χ3v) is 8.55. The number of carbonyl (C=O) groups excluding carboxylic acids is 1. The topological polar surface area (TPSA) is 106 Å². The van der Waals surface area contributed by atoms with Crippen molar-refractivity contribution in [1.82, 2.24) is 15.1 Å². The van der Waals surface area contributed by atoms with E-state index in [-0.39, 0.29) is 30.7 Å². The van der Waals surface area contributed by atoms with E-state index in [2.05, 4.69) is 40.4 Å². The summed E-state index contributed by atoms with van der Waals surface area (Å²) in [4.78, 5) is 17.4. The van der Waals surface area contributed by atoms with E-state index in [9.17, 15) is 10.1 Å². The molecule has 5 atom stereocenters. The molecule has 1 saturated heterocycles. The van der Waals surface area contributed by atoms with Crippen LogP contribution < -0.4 is 24.3 Å². The van der Waals surface area contributed by atoms with E-state index in [0.29, 0.717) is 35.8 Å². The van der Waals surface area contributed by atoms with Crippen LogP contribution >= 0.6 is 0 Å². The number of likely N-dealkylation sites (N-methyl/N-ethyl adjacent to an activating group) is 1. The van der Waals surface area contributed by atoms with Gasteiger partial charge in [0, 0.05) is 18.6 Å². The van der Waals surface area contributed by atoms with Gasteiger partial charge in [-0.15, -0.1) is 0 Å². The minimum Gasteiger partial charge on any atom is -0.493 e. The molecule has 0 unspecified atom stereocenters. The number of amides is 1. The number of alkyl carbamates (subject to hydrolysis) is 1. The summed E-state index contributed by atoms with van der Waals surface area (Å²) >= 11 is 0. The zero-order valence-corrected chi connectivity index (χ0v) is 25.1. The van der Waals surface area contributed by atoms with Crippen molar-refractivity contribution in [3.8, 4) is 29.1 Å². The van der Waals surface area contributed by atoms with Crippen LogP contribution in [-0.4, -0.2) is 81.7 Å². The number of benzene rings is 2. The second-order valence-corrected chi connectivity index (χ2v) is 11.9. The highest BCUT2D eigenvalue weighted by Gasteiger charge is 2.54. The van der Waals surface area contributed by atoms with Crippen molar-refractivity contribution in [3.05, 3.63) is 46.5 Å². The lowest BCUT2D eigenvalue weighted by Crippen LogP contribution is -2.68. The quantitative estimate of drug-likeness (QED) is 0.557. The number of nitriles is 1. The van der Waals surface area contributed by atoms with Gasteiger partial charge >= 0.3 is 6.09 Å². The predicted octanol–water partition coefficient (Wildman–Crippen LogP) is 4.02. The van der Waals surface area contributed by atoms with Crippen molar-refractivity contribution in [3.63, 3.8) is 0 Å². The lowest BCUT2D eigenvalue weighted by Gasteiger charge is -2.60. The molecule has 0 aliphatic carbocycles. The Balaban J connectivity index is 1.64. The van der Waals surface area contributed by atoms with Crippen LogP contribution in [0.3, 0.4) is 0 Å². The Morgan fingerprint density at radius 1 is 0.902 bits per heavy atom. The molecule has 10 nitrogen and oxygen atoms in total. The lowest BCUT2D eigenvalue weighted by molar-refractivity contribution is -0.0713. The molecule has 0 radical (unpaired) electrons. The van der Waals surface area contributed by atoms with Crippen molar-refractivity contribution in [1.29, 1.82) is 5.26 Å². The first-order valence-corrected chi connectivity index (χ1v) is 13.9. The van der Waals surface area contributed by atoms with Crippen LogP contribution in [0.5, 0.6) is 23.0 Å². The molecule has 5 rings (SSSR count). The van der Waals surface area contributed by atoms with Crippen molar-refractivity contribution in [2.24, 2.45) is 0 Å². The molecule has 0 saturated carbocycles. The van der Waals surface area contributed by atoms with Crippen molar-refractivity contribution < 1.29 is 28.5 Å². The molecule has 3 aliphatic rings. The lowest BCUT2D eigenvalue weighted by atomic mass is 9.72. The van der Waals surface area contributed by atoms with Crippen LogP contribution in [0.15, 0.2) is 24.3 Å². The number of hydrogen-bond donors (Lipinski definition) is 1. The van der Waals surface area contributed by atoms with Crippen LogP contribution in [0.25, 0.3) is 0 Å². The normalized spacial score (nSPS) is 25.1. The Labute approximate surface area is 242 Å². The average Bonchev–Trinajstić information content (AvgIpc) is 2.93. The molecule has 10 heteroatoms. The number of methoxy groups -OCH3 is 4. The number of rotatable bonds is 6. The summed E-state index contributed by atoms with van der Waals surface area (Å²) < 4.78 is 28.2. The molecule has 3 aliphatic heterocycles. The van der Waals surface area contributed by atoms with Gasteiger partial charge in [-0.2, -0.15) is 5.26 Å². The number of carbonyl (C=O) groups is 1. The summed E-state index contributed by atoms with van der Waals surface area (Å²) in [6.07, 6.45) is 0.883. The van der Waals surface area contributed by atoms with Gasteiger partial charge in [0.1, 0.15) is 11.6 Å². The molecule has 41 heavy (non-hydrogen) atoms. The van der Waals surface area contributed by atoms with E-state index in [0.717, 1.165) is 22.3 Å². The Morgan fingerprint density at radius 3 is 1.95 bits per heavy atom. The van der Waals surface area contributed by atoms with Gasteiger partial charge in [0.2, 0.25) is 0 Å². The van der Waals surface area contributed by atoms with E-state index in [4.69, 9.17) is 23.7 Å². The van der Waals surface area contributed by atoms with Crippen LogP contribution in [-0.2, 0) is 17.6 Å². The second-order valence-electron chi connectivity index (χ2n) is 11.9. The number of nitrogens with zero attached hydrogens (tertiary/aromatic N) is 3. The highest BCUT2D eigenvalue weighted by atomic mass is 16.6. The van der Waals surface area contributed by atoms with Crippen molar-refractivity contribution >= 4 is 6.09 Å². The number of nitrogens with one attached hydrogen (secondary N) is 1. The van der Waals surface area contributed by atoms with Gasteiger partial charge in [-0.3, -0.25) is 9.80 Å². The highest BCUT2D eigenvalue weighted by molar-refractivity contribution is 5.68. The summed E-state index contributed by atoms with van der Waals surface area (Å²) in [5.74, 6) is 2.62. The fraction of sp³-hybridized carbons (Fsp3) is 0.548. The standard InChI is InChI=1S/C31H40N4O6/c1-31(2,3)41-30(36)33-16-24-19-13-27(39-7)25(37-5)11-17(19)10-22-29-20-14-28(40-8)26(38-6)12-18(20)9-21(34(29)4)23(15-32)35(22)24/h11-14,21-24,29H,9-10,16H2,1-8H3,(H,33,36)/t21-,22-,23-,24-,29+/m0/s1. The molecular weight excluding hydrogens is 524 g/mol.